The van der Waals surface area contributed by atoms with Crippen molar-refractivity contribution >= 4 is 46.6 Å². The Morgan fingerprint density at radius 3 is 2.70 bits per heavy atom. The Kier molecular flexibility index (Phi) is 5.40. The molecule has 11 nitrogen and oxygen atoms in total. The Morgan fingerprint density at radius 2 is 1.88 bits per heavy atom. The number of hydrogen-bond acceptors (Lipinski definition) is 9. The minimum absolute atomic E-state index is 0.0671. The first kappa shape index (κ1) is 20.6. The molecule has 0 spiro atoms. The quantitative estimate of drug-likeness (QED) is 0.534. The van der Waals surface area contributed by atoms with Crippen molar-refractivity contribution in [3.63, 3.8) is 0 Å². The molecule has 2 amide bonds. The van der Waals surface area contributed by atoms with Gasteiger partial charge < -0.3 is 30.3 Å². The number of morpholine rings is 1. The summed E-state index contributed by atoms with van der Waals surface area (Å²) in [6, 6.07) is 10.3. The highest BCUT2D eigenvalue weighted by atomic mass is 19.1. The van der Waals surface area contributed by atoms with Crippen molar-refractivity contribution in [2.24, 2.45) is 0 Å². The van der Waals surface area contributed by atoms with E-state index in [2.05, 4.69) is 30.9 Å². The molecule has 33 heavy (non-hydrogen) atoms. The maximum absolute atomic E-state index is 14.3. The van der Waals surface area contributed by atoms with Crippen LogP contribution < -0.4 is 25.6 Å². The lowest BCUT2D eigenvalue weighted by molar-refractivity contribution is -0.125. The molecule has 1 fully saturated rings. The number of ether oxygens (including phenoxy) is 2. The van der Waals surface area contributed by atoms with Gasteiger partial charge in [0.2, 0.25) is 5.95 Å². The number of carbonyl (C=O) groups is 2. The third-order valence-corrected chi connectivity index (χ3v) is 4.89. The van der Waals surface area contributed by atoms with Gasteiger partial charge in [0, 0.05) is 17.9 Å². The molecule has 0 unspecified atom stereocenters. The topological polar surface area (TPSA) is 131 Å². The highest BCUT2D eigenvalue weighted by Crippen LogP contribution is 2.28. The van der Waals surface area contributed by atoms with Crippen molar-refractivity contribution in [2.45, 2.75) is 0 Å². The van der Waals surface area contributed by atoms with Crippen LogP contribution in [0.4, 0.5) is 39.2 Å². The van der Waals surface area contributed by atoms with E-state index in [-0.39, 0.29) is 48.4 Å². The van der Waals surface area contributed by atoms with Crippen molar-refractivity contribution < 1.29 is 23.5 Å². The number of aromatic nitrogens is 3. The molecule has 2 aliphatic heterocycles. The van der Waals surface area contributed by atoms with Gasteiger partial charge in [0.05, 0.1) is 12.8 Å². The molecule has 3 aromatic rings. The summed E-state index contributed by atoms with van der Waals surface area (Å²) in [5, 5.41) is 8.37. The second kappa shape index (κ2) is 8.67. The number of nitrogens with zero attached hydrogens (tertiary/aromatic N) is 4. The second-order valence-electron chi connectivity index (χ2n) is 7.17. The summed E-state index contributed by atoms with van der Waals surface area (Å²) in [5.74, 6) is -0.112. The molecule has 168 valence electrons. The summed E-state index contributed by atoms with van der Waals surface area (Å²) in [6.07, 6.45) is 1.03. The Balaban J connectivity index is 1.30. The molecule has 0 saturated carbocycles. The van der Waals surface area contributed by atoms with Crippen LogP contribution in [0, 0.1) is 5.82 Å². The molecule has 0 atom stereocenters. The van der Waals surface area contributed by atoms with E-state index in [4.69, 9.17) is 9.47 Å². The average Bonchev–Trinajstić information content (AvgIpc) is 2.82. The Morgan fingerprint density at radius 1 is 1.03 bits per heavy atom. The van der Waals surface area contributed by atoms with E-state index in [9.17, 15) is 14.0 Å². The third kappa shape index (κ3) is 4.50. The molecule has 0 radical (unpaired) electrons. The fourth-order valence-corrected chi connectivity index (χ4v) is 3.31. The molecule has 3 N–H and O–H groups in total. The van der Waals surface area contributed by atoms with E-state index in [0.717, 1.165) is 11.9 Å². The maximum atomic E-state index is 14.3. The van der Waals surface area contributed by atoms with E-state index in [1.165, 1.54) is 0 Å². The van der Waals surface area contributed by atoms with E-state index in [1.807, 2.05) is 0 Å². The van der Waals surface area contributed by atoms with Crippen LogP contribution in [-0.4, -0.2) is 53.1 Å². The summed E-state index contributed by atoms with van der Waals surface area (Å²) in [6.45, 7) is 0.968. The molecule has 0 bridgehead atoms. The summed E-state index contributed by atoms with van der Waals surface area (Å²) in [4.78, 5) is 37.5. The molecule has 1 aromatic carbocycles. The third-order valence-electron chi connectivity index (χ3n) is 4.89. The number of anilines is 6. The SMILES string of the molecule is O=C1COc2ccc(Nc3nc(Nc4ccc(N5CCOCC5=O)cc4)ncc3F)nc2N1. The number of halogens is 1. The van der Waals surface area contributed by atoms with Crippen LogP contribution >= 0.6 is 0 Å². The molecule has 4 heterocycles. The van der Waals surface area contributed by atoms with Gasteiger partial charge in [-0.25, -0.2) is 14.4 Å². The van der Waals surface area contributed by atoms with Crippen LogP contribution in [0.3, 0.4) is 0 Å². The van der Waals surface area contributed by atoms with Gasteiger partial charge in [-0.2, -0.15) is 4.98 Å². The zero-order chi connectivity index (χ0) is 22.8. The van der Waals surface area contributed by atoms with Crippen molar-refractivity contribution in [2.75, 3.05) is 47.2 Å². The van der Waals surface area contributed by atoms with Crippen molar-refractivity contribution in [3.05, 3.63) is 48.4 Å². The first-order valence-corrected chi connectivity index (χ1v) is 10.0. The number of carbonyl (C=O) groups excluding carboxylic acids is 2. The van der Waals surface area contributed by atoms with Gasteiger partial charge in [0.15, 0.2) is 29.8 Å². The highest BCUT2D eigenvalue weighted by molar-refractivity contribution is 5.95. The number of rotatable bonds is 5. The van der Waals surface area contributed by atoms with Gasteiger partial charge >= 0.3 is 0 Å². The summed E-state index contributed by atoms with van der Waals surface area (Å²) in [5.41, 5.74) is 1.41. The van der Waals surface area contributed by atoms with Gasteiger partial charge in [0.1, 0.15) is 12.4 Å². The normalized spacial score (nSPS) is 15.4. The number of amides is 2. The van der Waals surface area contributed by atoms with Crippen molar-refractivity contribution in [1.82, 2.24) is 15.0 Å². The van der Waals surface area contributed by atoms with Gasteiger partial charge in [-0.05, 0) is 36.4 Å². The summed E-state index contributed by atoms with van der Waals surface area (Å²) < 4.78 is 24.7. The number of fused-ring (bicyclic) bond motifs is 1. The Labute approximate surface area is 187 Å². The molecule has 12 heteroatoms. The molecule has 5 rings (SSSR count). The van der Waals surface area contributed by atoms with Gasteiger partial charge in [-0.1, -0.05) is 0 Å². The zero-order valence-corrected chi connectivity index (χ0v) is 17.2. The second-order valence-corrected chi connectivity index (χ2v) is 7.17. The van der Waals surface area contributed by atoms with E-state index in [0.29, 0.717) is 24.6 Å². The molecule has 2 aromatic heterocycles. The predicted molar refractivity (Wildman–Crippen MR) is 117 cm³/mol. The molecule has 2 aliphatic rings. The number of nitrogens with one attached hydrogen (secondary N) is 3. The number of pyridine rings is 1. The first-order valence-electron chi connectivity index (χ1n) is 10.0. The smallest absolute Gasteiger partial charge is 0.263 e. The lowest BCUT2D eigenvalue weighted by Crippen LogP contribution is -2.41. The minimum atomic E-state index is -0.679. The monoisotopic (exact) mass is 451 g/mol. The summed E-state index contributed by atoms with van der Waals surface area (Å²) in [7, 11) is 0. The number of hydrogen-bond donors (Lipinski definition) is 3. The van der Waals surface area contributed by atoms with E-state index in [1.54, 1.807) is 41.3 Å². The van der Waals surface area contributed by atoms with Gasteiger partial charge in [-0.15, -0.1) is 0 Å². The highest BCUT2D eigenvalue weighted by Gasteiger charge is 2.20. The predicted octanol–water partition coefficient (Wildman–Crippen LogP) is 2.19. The van der Waals surface area contributed by atoms with Crippen LogP contribution in [0.15, 0.2) is 42.6 Å². The fraction of sp³-hybridized carbons (Fsp3) is 0.190. The van der Waals surface area contributed by atoms with Gasteiger partial charge in [0.25, 0.3) is 11.8 Å². The maximum Gasteiger partial charge on any atom is 0.263 e. The standard InChI is InChI=1S/C21H18FN7O4/c22-14-9-23-21(24-12-1-3-13(4-2-12)29-7-8-32-11-18(29)31)28-19(14)25-16-6-5-15-20(26-16)27-17(30)10-33-15/h1-6,9H,7-8,10-11H2,(H3,23,24,25,26,27,28,30). The van der Waals surface area contributed by atoms with Crippen molar-refractivity contribution in [1.29, 1.82) is 0 Å². The molecule has 1 saturated heterocycles. The van der Waals surface area contributed by atoms with Crippen LogP contribution in [-0.2, 0) is 14.3 Å². The van der Waals surface area contributed by atoms with E-state index < -0.39 is 5.82 Å². The first-order chi connectivity index (χ1) is 16.0. The Bertz CT molecular complexity index is 1220. The average molecular weight is 451 g/mol. The van der Waals surface area contributed by atoms with Crippen LogP contribution in [0.25, 0.3) is 0 Å². The van der Waals surface area contributed by atoms with Crippen LogP contribution in [0.1, 0.15) is 0 Å². The van der Waals surface area contributed by atoms with Crippen molar-refractivity contribution in [3.8, 4) is 5.75 Å². The largest absolute Gasteiger partial charge is 0.480 e. The van der Waals surface area contributed by atoms with Crippen LogP contribution in [0.2, 0.25) is 0 Å². The Hall–Kier alpha value is -4.32. The van der Waals surface area contributed by atoms with Gasteiger partial charge in [-0.3, -0.25) is 9.59 Å². The molecular formula is C21H18FN7O4. The minimum Gasteiger partial charge on any atom is -0.480 e. The fourth-order valence-electron chi connectivity index (χ4n) is 3.31. The van der Waals surface area contributed by atoms with Crippen LogP contribution in [0.5, 0.6) is 5.75 Å². The summed E-state index contributed by atoms with van der Waals surface area (Å²) >= 11 is 0. The number of benzene rings is 1. The molecular weight excluding hydrogens is 433 g/mol. The molecule has 0 aliphatic carbocycles. The lowest BCUT2D eigenvalue weighted by Gasteiger charge is -2.26. The lowest BCUT2D eigenvalue weighted by atomic mass is 10.2. The zero-order valence-electron chi connectivity index (χ0n) is 17.2. The van der Waals surface area contributed by atoms with E-state index >= 15 is 0 Å².